The van der Waals surface area contributed by atoms with Crippen molar-refractivity contribution < 1.29 is 9.90 Å². The number of aliphatic hydroxyl groups is 1. The quantitative estimate of drug-likeness (QED) is 0.809. The van der Waals surface area contributed by atoms with Crippen molar-refractivity contribution in [1.29, 1.82) is 0 Å². The summed E-state index contributed by atoms with van der Waals surface area (Å²) in [5.41, 5.74) is 3.01. The second kappa shape index (κ2) is 4.88. The molecule has 0 aromatic heterocycles. The average Bonchev–Trinajstić information content (AvgIpc) is 2.26. The Morgan fingerprint density at radius 1 is 1.47 bits per heavy atom. The normalized spacial score (nSPS) is 23.0. The lowest BCUT2D eigenvalue weighted by Crippen LogP contribution is -2.37. The van der Waals surface area contributed by atoms with Crippen LogP contribution in [0.5, 0.6) is 0 Å². The van der Waals surface area contributed by atoms with E-state index in [1.807, 2.05) is 25.1 Å². The molecule has 1 N–H and O–H groups in total. The molecule has 1 aromatic carbocycles. The highest BCUT2D eigenvalue weighted by molar-refractivity contribution is 5.76. The highest BCUT2D eigenvalue weighted by Gasteiger charge is 2.28. The lowest BCUT2D eigenvalue weighted by Gasteiger charge is -2.35. The molecule has 0 aliphatic heterocycles. The average molecular weight is 233 g/mol. The number of carbonyl (C=O) groups is 1. The topological polar surface area (TPSA) is 40.5 Å². The van der Waals surface area contributed by atoms with Crippen molar-refractivity contribution in [2.45, 2.75) is 25.9 Å². The first kappa shape index (κ1) is 12.1. The smallest absolute Gasteiger partial charge is 0.150 e. The predicted molar refractivity (Wildman–Crippen MR) is 68.6 cm³/mol. The van der Waals surface area contributed by atoms with Crippen molar-refractivity contribution in [1.82, 2.24) is 0 Å². The van der Waals surface area contributed by atoms with Crippen LogP contribution in [-0.2, 0) is 0 Å². The number of benzene rings is 1. The highest BCUT2D eigenvalue weighted by Crippen LogP contribution is 2.30. The van der Waals surface area contributed by atoms with Crippen LogP contribution >= 0.6 is 0 Å². The van der Waals surface area contributed by atoms with E-state index < -0.39 is 0 Å². The van der Waals surface area contributed by atoms with Crippen LogP contribution in [-0.4, -0.2) is 31.1 Å². The molecule has 1 aliphatic carbocycles. The van der Waals surface area contributed by atoms with Gasteiger partial charge in [0.05, 0.1) is 6.10 Å². The second-order valence-electron chi connectivity index (χ2n) is 5.04. The summed E-state index contributed by atoms with van der Waals surface area (Å²) in [5.74, 6) is 0.597. The number of anilines is 1. The number of hydrogen-bond donors (Lipinski definition) is 1. The first-order valence-electron chi connectivity index (χ1n) is 6.05. The van der Waals surface area contributed by atoms with E-state index in [2.05, 4.69) is 11.9 Å². The van der Waals surface area contributed by atoms with Gasteiger partial charge in [-0.1, -0.05) is 0 Å². The van der Waals surface area contributed by atoms with Crippen molar-refractivity contribution in [3.8, 4) is 0 Å². The number of aliphatic hydroxyl groups excluding tert-OH is 1. The van der Waals surface area contributed by atoms with E-state index >= 15 is 0 Å². The number of carbonyl (C=O) groups excluding carboxylic acids is 1. The molecular weight excluding hydrogens is 214 g/mol. The van der Waals surface area contributed by atoms with Crippen molar-refractivity contribution in [2.75, 3.05) is 18.5 Å². The first-order valence-corrected chi connectivity index (χ1v) is 6.05. The number of rotatable bonds is 4. The molecule has 0 amide bonds. The summed E-state index contributed by atoms with van der Waals surface area (Å²) in [6.45, 7) is 2.99. The standard InChI is InChI=1S/C14H19NO2/c1-10-5-11(9-16)3-4-14(10)15(2)8-12-6-13(17)7-12/h3-5,9,12-13,17H,6-8H2,1-2H3. The lowest BCUT2D eigenvalue weighted by molar-refractivity contribution is 0.0464. The fourth-order valence-electron chi connectivity index (χ4n) is 2.52. The molecule has 0 saturated heterocycles. The summed E-state index contributed by atoms with van der Waals surface area (Å²) >= 11 is 0. The van der Waals surface area contributed by atoms with Crippen LogP contribution < -0.4 is 4.90 Å². The Morgan fingerprint density at radius 3 is 2.71 bits per heavy atom. The van der Waals surface area contributed by atoms with Crippen LogP contribution in [0.3, 0.4) is 0 Å². The molecule has 0 atom stereocenters. The lowest BCUT2D eigenvalue weighted by atomic mass is 9.82. The molecular formula is C14H19NO2. The number of hydrogen-bond acceptors (Lipinski definition) is 3. The van der Waals surface area contributed by atoms with Gasteiger partial charge in [-0.05, 0) is 49.4 Å². The molecule has 0 heterocycles. The van der Waals surface area contributed by atoms with Gasteiger partial charge in [0.25, 0.3) is 0 Å². The van der Waals surface area contributed by atoms with E-state index in [4.69, 9.17) is 0 Å². The zero-order valence-corrected chi connectivity index (χ0v) is 10.4. The van der Waals surface area contributed by atoms with Crippen LogP contribution in [0.4, 0.5) is 5.69 Å². The minimum atomic E-state index is -0.0908. The molecule has 17 heavy (non-hydrogen) atoms. The Bertz CT molecular complexity index is 411. The van der Waals surface area contributed by atoms with Crippen molar-refractivity contribution >= 4 is 12.0 Å². The number of nitrogens with zero attached hydrogens (tertiary/aromatic N) is 1. The molecule has 3 nitrogen and oxygen atoms in total. The largest absolute Gasteiger partial charge is 0.393 e. The zero-order valence-electron chi connectivity index (χ0n) is 10.4. The van der Waals surface area contributed by atoms with Gasteiger partial charge in [0.2, 0.25) is 0 Å². The molecule has 0 spiro atoms. The van der Waals surface area contributed by atoms with Gasteiger partial charge in [-0.2, -0.15) is 0 Å². The van der Waals surface area contributed by atoms with Crippen molar-refractivity contribution in [3.05, 3.63) is 29.3 Å². The van der Waals surface area contributed by atoms with E-state index in [1.54, 1.807) is 0 Å². The van der Waals surface area contributed by atoms with E-state index in [9.17, 15) is 9.90 Å². The van der Waals surface area contributed by atoms with Gasteiger partial charge < -0.3 is 10.0 Å². The maximum atomic E-state index is 10.7. The van der Waals surface area contributed by atoms with Crippen molar-refractivity contribution in [3.63, 3.8) is 0 Å². The molecule has 92 valence electrons. The van der Waals surface area contributed by atoms with Crippen LogP contribution in [0.2, 0.25) is 0 Å². The minimum Gasteiger partial charge on any atom is -0.393 e. The Hall–Kier alpha value is -1.35. The van der Waals surface area contributed by atoms with Crippen LogP contribution in [0.1, 0.15) is 28.8 Å². The Kier molecular flexibility index (Phi) is 3.48. The molecule has 0 unspecified atom stereocenters. The fourth-order valence-corrected chi connectivity index (χ4v) is 2.52. The zero-order chi connectivity index (χ0) is 12.4. The van der Waals surface area contributed by atoms with Crippen LogP contribution in [0, 0.1) is 12.8 Å². The summed E-state index contributed by atoms with van der Waals surface area (Å²) in [6, 6.07) is 5.75. The van der Waals surface area contributed by atoms with Gasteiger partial charge in [0, 0.05) is 24.8 Å². The van der Waals surface area contributed by atoms with Gasteiger partial charge in [-0.15, -0.1) is 0 Å². The van der Waals surface area contributed by atoms with Gasteiger partial charge in [-0.25, -0.2) is 0 Å². The summed E-state index contributed by atoms with van der Waals surface area (Å²) < 4.78 is 0. The van der Waals surface area contributed by atoms with Gasteiger partial charge in [0.1, 0.15) is 6.29 Å². The maximum Gasteiger partial charge on any atom is 0.150 e. The monoisotopic (exact) mass is 233 g/mol. The molecule has 1 saturated carbocycles. The number of aldehydes is 1. The van der Waals surface area contributed by atoms with E-state index in [1.165, 1.54) is 0 Å². The number of aryl methyl sites for hydroxylation is 1. The third kappa shape index (κ3) is 2.67. The van der Waals surface area contributed by atoms with Gasteiger partial charge in [-0.3, -0.25) is 4.79 Å². The van der Waals surface area contributed by atoms with Crippen molar-refractivity contribution in [2.24, 2.45) is 5.92 Å². The predicted octanol–water partition coefficient (Wildman–Crippen LogP) is 2.01. The third-order valence-electron chi connectivity index (χ3n) is 3.51. The minimum absolute atomic E-state index is 0.0908. The molecule has 3 heteroatoms. The van der Waals surface area contributed by atoms with E-state index in [0.29, 0.717) is 5.92 Å². The molecule has 0 bridgehead atoms. The van der Waals surface area contributed by atoms with Crippen LogP contribution in [0.25, 0.3) is 0 Å². The summed E-state index contributed by atoms with van der Waals surface area (Å²) in [4.78, 5) is 12.9. The van der Waals surface area contributed by atoms with Gasteiger partial charge >= 0.3 is 0 Å². The summed E-state index contributed by atoms with van der Waals surface area (Å²) in [7, 11) is 2.06. The Labute approximate surface area is 102 Å². The first-order chi connectivity index (χ1) is 8.10. The van der Waals surface area contributed by atoms with Crippen LogP contribution in [0.15, 0.2) is 18.2 Å². The molecule has 1 fully saturated rings. The molecule has 1 aromatic rings. The molecule has 0 radical (unpaired) electrons. The summed E-state index contributed by atoms with van der Waals surface area (Å²) in [6.07, 6.45) is 2.61. The maximum absolute atomic E-state index is 10.7. The fraction of sp³-hybridized carbons (Fsp3) is 0.500. The molecule has 2 rings (SSSR count). The van der Waals surface area contributed by atoms with E-state index in [0.717, 1.165) is 42.5 Å². The highest BCUT2D eigenvalue weighted by atomic mass is 16.3. The van der Waals surface area contributed by atoms with Gasteiger partial charge in [0.15, 0.2) is 0 Å². The SMILES string of the molecule is Cc1cc(C=O)ccc1N(C)CC1CC(O)C1. The third-order valence-corrected chi connectivity index (χ3v) is 3.51. The molecule has 1 aliphatic rings. The Morgan fingerprint density at radius 2 is 2.18 bits per heavy atom. The second-order valence-corrected chi connectivity index (χ2v) is 5.04. The Balaban J connectivity index is 2.03. The summed E-state index contributed by atoms with van der Waals surface area (Å²) in [5, 5.41) is 9.27. The van der Waals surface area contributed by atoms with E-state index in [-0.39, 0.29) is 6.10 Å².